The zero-order valence-electron chi connectivity index (χ0n) is 15.6. The number of nitrogens with one attached hydrogen (secondary N) is 2. The summed E-state index contributed by atoms with van der Waals surface area (Å²) in [6.45, 7) is 0.405. The molecule has 150 valence electrons. The van der Waals surface area contributed by atoms with Gasteiger partial charge in [-0.25, -0.2) is 4.79 Å². The number of halogens is 1. The second kappa shape index (κ2) is 8.79. The number of nitrogens with zero attached hydrogens (tertiary/aromatic N) is 1. The molecule has 0 saturated heterocycles. The summed E-state index contributed by atoms with van der Waals surface area (Å²) < 4.78 is 11.1. The molecule has 8 heteroatoms. The van der Waals surface area contributed by atoms with Crippen molar-refractivity contribution in [2.24, 2.45) is 0 Å². The van der Waals surface area contributed by atoms with Crippen molar-refractivity contribution in [3.63, 3.8) is 0 Å². The molecular formula is C22H16BrN3O4. The molecule has 7 nitrogen and oxygen atoms in total. The van der Waals surface area contributed by atoms with E-state index in [1.807, 2.05) is 30.3 Å². The van der Waals surface area contributed by atoms with Gasteiger partial charge in [-0.3, -0.25) is 14.3 Å². The van der Waals surface area contributed by atoms with Gasteiger partial charge in [0.25, 0.3) is 5.91 Å². The van der Waals surface area contributed by atoms with E-state index in [-0.39, 0.29) is 11.7 Å². The SMILES string of the molecule is O=C(Nc1ccc(Br)cc1-c1noc(=O)[nH]1)c1cccc(OCc2ccccc2)c1. The summed E-state index contributed by atoms with van der Waals surface area (Å²) in [5.74, 6) is -0.194. The third-order valence-corrected chi connectivity index (χ3v) is 4.76. The minimum absolute atomic E-state index is 0.219. The maximum Gasteiger partial charge on any atom is 0.439 e. The van der Waals surface area contributed by atoms with Gasteiger partial charge in [-0.15, -0.1) is 0 Å². The first-order valence-corrected chi connectivity index (χ1v) is 9.82. The Morgan fingerprint density at radius 3 is 2.67 bits per heavy atom. The van der Waals surface area contributed by atoms with Crippen LogP contribution in [0.4, 0.5) is 5.69 Å². The fourth-order valence-electron chi connectivity index (χ4n) is 2.83. The Morgan fingerprint density at radius 2 is 1.90 bits per heavy atom. The number of benzene rings is 3. The standard InChI is InChI=1S/C22H16BrN3O4/c23-16-9-10-19(18(12-16)20-25-22(28)30-26-20)24-21(27)15-7-4-8-17(11-15)29-13-14-5-2-1-3-6-14/h1-12H,13H2,(H,24,27)(H,25,26,28). The smallest absolute Gasteiger partial charge is 0.439 e. The number of carbonyl (C=O) groups excluding carboxylic acids is 1. The number of carbonyl (C=O) groups is 1. The molecule has 0 fully saturated rings. The highest BCUT2D eigenvalue weighted by Crippen LogP contribution is 2.29. The number of aromatic nitrogens is 2. The van der Waals surface area contributed by atoms with Crippen LogP contribution in [0.5, 0.6) is 5.75 Å². The van der Waals surface area contributed by atoms with Gasteiger partial charge in [0.05, 0.1) is 5.69 Å². The quantitative estimate of drug-likeness (QED) is 0.432. The Balaban J connectivity index is 1.53. The van der Waals surface area contributed by atoms with E-state index in [1.54, 1.807) is 42.5 Å². The average molecular weight is 466 g/mol. The summed E-state index contributed by atoms with van der Waals surface area (Å²) in [6.07, 6.45) is 0. The van der Waals surface area contributed by atoms with Crippen LogP contribution < -0.4 is 15.8 Å². The van der Waals surface area contributed by atoms with E-state index in [9.17, 15) is 9.59 Å². The van der Waals surface area contributed by atoms with Crippen LogP contribution in [0.1, 0.15) is 15.9 Å². The van der Waals surface area contributed by atoms with Gasteiger partial charge in [-0.2, -0.15) is 0 Å². The maximum atomic E-state index is 12.8. The molecule has 4 rings (SSSR count). The summed E-state index contributed by atoms with van der Waals surface area (Å²) in [4.78, 5) is 26.6. The van der Waals surface area contributed by atoms with Gasteiger partial charge in [0.2, 0.25) is 0 Å². The highest BCUT2D eigenvalue weighted by atomic mass is 79.9. The summed E-state index contributed by atoms with van der Waals surface area (Å²) in [7, 11) is 0. The lowest BCUT2D eigenvalue weighted by atomic mass is 10.1. The predicted molar refractivity (Wildman–Crippen MR) is 115 cm³/mol. The Bertz CT molecular complexity index is 1230. The van der Waals surface area contributed by atoms with Gasteiger partial charge in [0.1, 0.15) is 12.4 Å². The van der Waals surface area contributed by atoms with Crippen LogP contribution in [0.15, 0.2) is 86.6 Å². The first-order chi connectivity index (χ1) is 14.6. The molecule has 0 aliphatic heterocycles. The molecule has 4 aromatic rings. The van der Waals surface area contributed by atoms with Gasteiger partial charge in [-0.1, -0.05) is 57.5 Å². The van der Waals surface area contributed by atoms with E-state index in [1.165, 1.54) is 0 Å². The maximum absolute atomic E-state index is 12.8. The number of aromatic amines is 1. The monoisotopic (exact) mass is 465 g/mol. The lowest BCUT2D eigenvalue weighted by Crippen LogP contribution is -2.13. The summed E-state index contributed by atoms with van der Waals surface area (Å²) in [5, 5.41) is 6.54. The third kappa shape index (κ3) is 4.66. The van der Waals surface area contributed by atoms with Crippen LogP contribution in [-0.2, 0) is 6.61 Å². The van der Waals surface area contributed by atoms with Crippen LogP contribution in [0.2, 0.25) is 0 Å². The summed E-state index contributed by atoms with van der Waals surface area (Å²) >= 11 is 3.38. The minimum atomic E-state index is -0.675. The molecule has 1 amide bonds. The highest BCUT2D eigenvalue weighted by molar-refractivity contribution is 9.10. The van der Waals surface area contributed by atoms with Crippen molar-refractivity contribution >= 4 is 27.5 Å². The van der Waals surface area contributed by atoms with Crippen molar-refractivity contribution in [1.29, 1.82) is 0 Å². The van der Waals surface area contributed by atoms with E-state index in [0.717, 1.165) is 10.0 Å². The Hall–Kier alpha value is -3.65. The van der Waals surface area contributed by atoms with Crippen LogP contribution in [-0.4, -0.2) is 16.0 Å². The fourth-order valence-corrected chi connectivity index (χ4v) is 3.19. The molecule has 3 aromatic carbocycles. The molecule has 0 saturated carbocycles. The molecule has 0 aliphatic rings. The fraction of sp³-hybridized carbons (Fsp3) is 0.0455. The van der Waals surface area contributed by atoms with Crippen molar-refractivity contribution < 1.29 is 14.1 Å². The first-order valence-electron chi connectivity index (χ1n) is 9.02. The highest BCUT2D eigenvalue weighted by Gasteiger charge is 2.15. The van der Waals surface area contributed by atoms with E-state index in [0.29, 0.717) is 29.2 Å². The van der Waals surface area contributed by atoms with E-state index in [2.05, 4.69) is 35.9 Å². The zero-order chi connectivity index (χ0) is 20.9. The van der Waals surface area contributed by atoms with E-state index < -0.39 is 5.76 Å². The molecule has 0 aliphatic carbocycles. The lowest BCUT2D eigenvalue weighted by Gasteiger charge is -2.11. The summed E-state index contributed by atoms with van der Waals surface area (Å²) in [6, 6.07) is 21.9. The van der Waals surface area contributed by atoms with E-state index >= 15 is 0 Å². The number of ether oxygens (including phenoxy) is 1. The third-order valence-electron chi connectivity index (χ3n) is 4.27. The summed E-state index contributed by atoms with van der Waals surface area (Å²) in [5.41, 5.74) is 2.46. The van der Waals surface area contributed by atoms with Gasteiger partial charge in [0.15, 0.2) is 5.82 Å². The lowest BCUT2D eigenvalue weighted by molar-refractivity contribution is 0.102. The van der Waals surface area contributed by atoms with E-state index in [4.69, 9.17) is 4.74 Å². The number of hydrogen-bond acceptors (Lipinski definition) is 5. The Labute approximate surface area is 179 Å². The van der Waals surface area contributed by atoms with Crippen molar-refractivity contribution in [1.82, 2.24) is 10.1 Å². The molecule has 1 heterocycles. The topological polar surface area (TPSA) is 97.2 Å². The average Bonchev–Trinajstić information content (AvgIpc) is 3.20. The van der Waals surface area contributed by atoms with Crippen molar-refractivity contribution in [2.45, 2.75) is 6.61 Å². The van der Waals surface area contributed by atoms with Crippen LogP contribution >= 0.6 is 15.9 Å². The van der Waals surface area contributed by atoms with Gasteiger partial charge < -0.3 is 10.1 Å². The van der Waals surface area contributed by atoms with Gasteiger partial charge >= 0.3 is 5.76 Å². The predicted octanol–water partition coefficient (Wildman–Crippen LogP) is 4.62. The normalized spacial score (nSPS) is 10.6. The number of hydrogen-bond donors (Lipinski definition) is 2. The van der Waals surface area contributed by atoms with Crippen LogP contribution in [0.25, 0.3) is 11.4 Å². The first kappa shape index (κ1) is 19.7. The van der Waals surface area contributed by atoms with Gasteiger partial charge in [-0.05, 0) is 42.0 Å². The van der Waals surface area contributed by atoms with Crippen LogP contribution in [0, 0.1) is 0 Å². The van der Waals surface area contributed by atoms with Crippen molar-refractivity contribution in [2.75, 3.05) is 5.32 Å². The molecule has 1 aromatic heterocycles. The molecule has 2 N–H and O–H groups in total. The van der Waals surface area contributed by atoms with Crippen LogP contribution in [0.3, 0.4) is 0 Å². The number of anilines is 1. The minimum Gasteiger partial charge on any atom is -0.489 e. The van der Waals surface area contributed by atoms with Gasteiger partial charge in [0, 0.05) is 15.6 Å². The Morgan fingerprint density at radius 1 is 1.07 bits per heavy atom. The second-order valence-corrected chi connectivity index (χ2v) is 7.31. The molecule has 0 bridgehead atoms. The molecule has 0 unspecified atom stereocenters. The van der Waals surface area contributed by atoms with Crippen molar-refractivity contribution in [3.8, 4) is 17.1 Å². The Kier molecular flexibility index (Phi) is 5.76. The van der Waals surface area contributed by atoms with Crippen molar-refractivity contribution in [3.05, 3.63) is 98.9 Å². The molecule has 0 radical (unpaired) electrons. The molecule has 30 heavy (non-hydrogen) atoms. The number of rotatable bonds is 6. The zero-order valence-corrected chi connectivity index (χ0v) is 17.2. The molecule has 0 atom stereocenters. The molecular weight excluding hydrogens is 450 g/mol. The number of amides is 1. The second-order valence-electron chi connectivity index (χ2n) is 6.39. The number of H-pyrrole nitrogens is 1. The largest absolute Gasteiger partial charge is 0.489 e. The molecule has 0 spiro atoms.